The summed E-state index contributed by atoms with van der Waals surface area (Å²) in [6.07, 6.45) is 1.47. The molecule has 0 fully saturated rings. The van der Waals surface area contributed by atoms with Gasteiger partial charge in [-0.25, -0.2) is 4.98 Å². The number of hydrogen-bond donors (Lipinski definition) is 1. The maximum atomic E-state index is 12.3. The van der Waals surface area contributed by atoms with Gasteiger partial charge in [0.05, 0.1) is 16.4 Å². The molecular weight excluding hydrogens is 362 g/mol. The number of nitriles is 1. The average molecular weight is 372 g/mol. The van der Waals surface area contributed by atoms with E-state index >= 15 is 0 Å². The van der Waals surface area contributed by atoms with E-state index in [1.165, 1.54) is 17.4 Å². The number of halogens is 1. The van der Waals surface area contributed by atoms with Crippen LogP contribution >= 0.6 is 34.3 Å². The van der Waals surface area contributed by atoms with Crippen molar-refractivity contribution in [2.75, 3.05) is 5.32 Å². The van der Waals surface area contributed by atoms with Gasteiger partial charge in [0.25, 0.3) is 5.91 Å². The lowest BCUT2D eigenvalue weighted by Crippen LogP contribution is -2.13. The molecule has 0 aliphatic heterocycles. The van der Waals surface area contributed by atoms with Gasteiger partial charge in [-0.05, 0) is 29.7 Å². The van der Waals surface area contributed by atoms with Crippen molar-refractivity contribution < 1.29 is 4.79 Å². The highest BCUT2D eigenvalue weighted by molar-refractivity contribution is 7.14. The number of carbonyl (C=O) groups is 1. The Labute approximate surface area is 151 Å². The summed E-state index contributed by atoms with van der Waals surface area (Å²) in [5, 5.41) is 18.9. The minimum atomic E-state index is -0.518. The van der Waals surface area contributed by atoms with Gasteiger partial charge in [0, 0.05) is 16.3 Å². The zero-order valence-corrected chi connectivity index (χ0v) is 14.6. The predicted molar refractivity (Wildman–Crippen MR) is 99.1 cm³/mol. The first-order chi connectivity index (χ1) is 11.7. The quantitative estimate of drug-likeness (QED) is 0.514. The van der Waals surface area contributed by atoms with Gasteiger partial charge in [0.15, 0.2) is 0 Å². The first kappa shape index (κ1) is 16.4. The van der Waals surface area contributed by atoms with Gasteiger partial charge in [-0.3, -0.25) is 4.79 Å². The molecule has 3 aromatic rings. The lowest BCUT2D eigenvalue weighted by molar-refractivity contribution is -0.112. The van der Waals surface area contributed by atoms with Gasteiger partial charge in [0.2, 0.25) is 0 Å². The van der Waals surface area contributed by atoms with Gasteiger partial charge in [-0.2, -0.15) is 16.6 Å². The first-order valence-electron chi connectivity index (χ1n) is 6.83. The smallest absolute Gasteiger partial charge is 0.266 e. The number of thiophene rings is 1. The molecule has 2 heterocycles. The number of aromatic nitrogens is 1. The van der Waals surface area contributed by atoms with Crippen molar-refractivity contribution in [1.82, 2.24) is 4.98 Å². The molecule has 1 aromatic carbocycles. The van der Waals surface area contributed by atoms with Crippen molar-refractivity contribution in [3.8, 4) is 16.6 Å². The van der Waals surface area contributed by atoms with Crippen molar-refractivity contribution in [3.05, 3.63) is 62.8 Å². The fourth-order valence-electron chi connectivity index (χ4n) is 1.92. The summed E-state index contributed by atoms with van der Waals surface area (Å²) in [6.45, 7) is 0. The molecule has 3 rings (SSSR count). The number of benzene rings is 1. The Balaban J connectivity index is 1.81. The van der Waals surface area contributed by atoms with Gasteiger partial charge in [-0.15, -0.1) is 11.3 Å². The number of thiazole rings is 1. The maximum Gasteiger partial charge on any atom is 0.266 e. The van der Waals surface area contributed by atoms with E-state index < -0.39 is 5.91 Å². The topological polar surface area (TPSA) is 65.8 Å². The third-order valence-electron chi connectivity index (χ3n) is 3.07. The summed E-state index contributed by atoms with van der Waals surface area (Å²) >= 11 is 9.07. The number of nitrogens with zero attached hydrogens (tertiary/aromatic N) is 2. The highest BCUT2D eigenvalue weighted by Crippen LogP contribution is 2.27. The molecule has 0 saturated carbocycles. The van der Waals surface area contributed by atoms with Crippen LogP contribution in [0.2, 0.25) is 5.02 Å². The Bertz CT molecular complexity index is 939. The molecular formula is C17H10ClN3OS2. The van der Waals surface area contributed by atoms with Crippen LogP contribution in [0, 0.1) is 11.3 Å². The molecule has 0 atom stereocenters. The fraction of sp³-hybridized carbons (Fsp3) is 0. The molecule has 1 amide bonds. The standard InChI is InChI=1S/C17H10ClN3OS2/c18-14-3-1-2-4-15(14)21-16(22)12(8-19)7-13-10-24-17(20-13)11-5-6-23-9-11/h1-7,9-10H,(H,21,22). The van der Waals surface area contributed by atoms with Gasteiger partial charge in [0.1, 0.15) is 16.6 Å². The lowest BCUT2D eigenvalue weighted by atomic mass is 10.2. The lowest BCUT2D eigenvalue weighted by Gasteiger charge is -2.05. The fourth-order valence-corrected chi connectivity index (χ4v) is 3.59. The highest BCUT2D eigenvalue weighted by atomic mass is 35.5. The summed E-state index contributed by atoms with van der Waals surface area (Å²) in [4.78, 5) is 16.7. The minimum Gasteiger partial charge on any atom is -0.320 e. The van der Waals surface area contributed by atoms with Crippen LogP contribution in [-0.4, -0.2) is 10.9 Å². The summed E-state index contributed by atoms with van der Waals surface area (Å²) in [5.41, 5.74) is 2.04. The van der Waals surface area contributed by atoms with Crippen LogP contribution < -0.4 is 5.32 Å². The SMILES string of the molecule is N#CC(=Cc1csc(-c2ccsc2)n1)C(=O)Nc1ccccc1Cl. The van der Waals surface area contributed by atoms with Crippen molar-refractivity contribution >= 4 is 51.9 Å². The van der Waals surface area contributed by atoms with E-state index in [2.05, 4.69) is 10.3 Å². The Morgan fingerprint density at radius 1 is 1.29 bits per heavy atom. The van der Waals surface area contributed by atoms with Crippen LogP contribution in [0.5, 0.6) is 0 Å². The second-order valence-electron chi connectivity index (χ2n) is 4.69. The number of anilines is 1. The third kappa shape index (κ3) is 3.71. The molecule has 0 radical (unpaired) electrons. The molecule has 24 heavy (non-hydrogen) atoms. The number of para-hydroxylation sites is 1. The number of hydrogen-bond acceptors (Lipinski definition) is 5. The van der Waals surface area contributed by atoms with E-state index in [9.17, 15) is 10.1 Å². The number of carbonyl (C=O) groups excluding carboxylic acids is 1. The molecule has 0 bridgehead atoms. The molecule has 118 valence electrons. The molecule has 7 heteroatoms. The zero-order valence-electron chi connectivity index (χ0n) is 12.2. The number of rotatable bonds is 4. The predicted octanol–water partition coefficient (Wildman–Crippen LogP) is 5.07. The van der Waals surface area contributed by atoms with Crippen LogP contribution in [0.25, 0.3) is 16.6 Å². The monoisotopic (exact) mass is 371 g/mol. The van der Waals surface area contributed by atoms with Gasteiger partial charge < -0.3 is 5.32 Å². The average Bonchev–Trinajstić information content (AvgIpc) is 3.25. The second-order valence-corrected chi connectivity index (χ2v) is 6.74. The maximum absolute atomic E-state index is 12.3. The Hall–Kier alpha value is -2.46. The van der Waals surface area contributed by atoms with E-state index in [4.69, 9.17) is 11.6 Å². The molecule has 0 saturated heterocycles. The normalized spacial score (nSPS) is 11.1. The van der Waals surface area contributed by atoms with Crippen LogP contribution in [-0.2, 0) is 4.79 Å². The van der Waals surface area contributed by atoms with Crippen LogP contribution in [0.1, 0.15) is 5.69 Å². The Morgan fingerprint density at radius 2 is 2.12 bits per heavy atom. The summed E-state index contributed by atoms with van der Waals surface area (Å²) < 4.78 is 0. The third-order valence-corrected chi connectivity index (χ3v) is 4.99. The molecule has 0 aliphatic carbocycles. The number of amides is 1. The minimum absolute atomic E-state index is 0.0305. The van der Waals surface area contributed by atoms with E-state index in [1.807, 2.05) is 28.3 Å². The number of nitrogens with one attached hydrogen (secondary N) is 1. The Kier molecular flexibility index (Phi) is 5.06. The zero-order chi connectivity index (χ0) is 16.9. The first-order valence-corrected chi connectivity index (χ1v) is 9.03. The van der Waals surface area contributed by atoms with Crippen molar-refractivity contribution in [2.45, 2.75) is 0 Å². The van der Waals surface area contributed by atoms with Crippen LogP contribution in [0.3, 0.4) is 0 Å². The Morgan fingerprint density at radius 3 is 2.83 bits per heavy atom. The molecule has 0 unspecified atom stereocenters. The van der Waals surface area contributed by atoms with E-state index in [-0.39, 0.29) is 5.57 Å². The van der Waals surface area contributed by atoms with Crippen LogP contribution in [0.4, 0.5) is 5.69 Å². The summed E-state index contributed by atoms with van der Waals surface area (Å²) in [6, 6.07) is 10.7. The summed E-state index contributed by atoms with van der Waals surface area (Å²) in [7, 11) is 0. The largest absolute Gasteiger partial charge is 0.320 e. The molecule has 0 spiro atoms. The second kappa shape index (κ2) is 7.41. The van der Waals surface area contributed by atoms with Gasteiger partial charge >= 0.3 is 0 Å². The van der Waals surface area contributed by atoms with Crippen molar-refractivity contribution in [1.29, 1.82) is 5.26 Å². The van der Waals surface area contributed by atoms with Crippen LogP contribution in [0.15, 0.2) is 52.0 Å². The van der Waals surface area contributed by atoms with Gasteiger partial charge in [-0.1, -0.05) is 23.7 Å². The molecule has 1 N–H and O–H groups in total. The van der Waals surface area contributed by atoms with E-state index in [0.29, 0.717) is 16.4 Å². The summed E-state index contributed by atoms with van der Waals surface area (Å²) in [5.74, 6) is -0.518. The highest BCUT2D eigenvalue weighted by Gasteiger charge is 2.12. The van der Waals surface area contributed by atoms with E-state index in [1.54, 1.807) is 35.6 Å². The molecule has 4 nitrogen and oxygen atoms in total. The van der Waals surface area contributed by atoms with E-state index in [0.717, 1.165) is 10.6 Å². The van der Waals surface area contributed by atoms with Crippen molar-refractivity contribution in [2.24, 2.45) is 0 Å². The molecule has 0 aliphatic rings. The molecule has 2 aromatic heterocycles. The van der Waals surface area contributed by atoms with Crippen molar-refractivity contribution in [3.63, 3.8) is 0 Å².